The molecule has 0 saturated carbocycles. The minimum atomic E-state index is 1.05. The lowest BCUT2D eigenvalue weighted by molar-refractivity contribution is 0.961. The molecule has 0 bridgehead atoms. The van der Waals surface area contributed by atoms with E-state index in [-0.39, 0.29) is 0 Å². The molecule has 0 N–H and O–H groups in total. The van der Waals surface area contributed by atoms with Crippen LogP contribution in [0.2, 0.25) is 0 Å². The van der Waals surface area contributed by atoms with Gasteiger partial charge in [-0.2, -0.15) is 0 Å². The molecule has 0 saturated heterocycles. The molecule has 0 fully saturated rings. The van der Waals surface area contributed by atoms with Gasteiger partial charge in [-0.1, -0.05) is 0 Å². The molecule has 0 spiro atoms. The van der Waals surface area contributed by atoms with Crippen LogP contribution in [0.5, 0.6) is 0 Å². The van der Waals surface area contributed by atoms with E-state index in [1.165, 1.54) is 5.39 Å². The predicted molar refractivity (Wildman–Crippen MR) is 53.2 cm³/mol. The van der Waals surface area contributed by atoms with Crippen molar-refractivity contribution >= 4 is 26.8 Å². The molecule has 2 heterocycles. The number of rotatable bonds is 0. The largest absolute Gasteiger partial charge is 0.348 e. The van der Waals surface area contributed by atoms with E-state index in [2.05, 4.69) is 31.5 Å². The van der Waals surface area contributed by atoms with Crippen molar-refractivity contribution in [3.63, 3.8) is 0 Å². The summed E-state index contributed by atoms with van der Waals surface area (Å²) < 4.78 is 3.19. The molecule has 0 amide bonds. The highest BCUT2D eigenvalue weighted by molar-refractivity contribution is 9.10. The van der Waals surface area contributed by atoms with Crippen LogP contribution < -0.4 is 0 Å². The van der Waals surface area contributed by atoms with Crippen molar-refractivity contribution in [1.82, 2.24) is 9.55 Å². The fraction of sp³-hybridized carbons (Fsp3) is 0.222. The molecule has 3 heteroatoms. The van der Waals surface area contributed by atoms with Gasteiger partial charge < -0.3 is 4.57 Å². The summed E-state index contributed by atoms with van der Waals surface area (Å²) in [6.07, 6.45) is 3.95. The number of pyridine rings is 1. The minimum absolute atomic E-state index is 1.05. The summed E-state index contributed by atoms with van der Waals surface area (Å²) in [5, 5.41) is 1.23. The highest BCUT2D eigenvalue weighted by Crippen LogP contribution is 2.24. The van der Waals surface area contributed by atoms with Crippen molar-refractivity contribution < 1.29 is 0 Å². The van der Waals surface area contributed by atoms with Gasteiger partial charge in [0, 0.05) is 28.8 Å². The van der Waals surface area contributed by atoms with Crippen molar-refractivity contribution in [2.75, 3.05) is 0 Å². The SMILES string of the molecule is Cc1cc2c(Br)cn(C)c2cn1. The molecule has 0 aliphatic heterocycles. The van der Waals surface area contributed by atoms with Crippen molar-refractivity contribution in [3.8, 4) is 0 Å². The first-order valence-corrected chi connectivity index (χ1v) is 4.55. The van der Waals surface area contributed by atoms with Gasteiger partial charge in [-0.05, 0) is 28.9 Å². The van der Waals surface area contributed by atoms with Crippen LogP contribution in [0.1, 0.15) is 5.69 Å². The molecule has 0 unspecified atom stereocenters. The van der Waals surface area contributed by atoms with E-state index in [1.54, 1.807) is 0 Å². The second-order valence-electron chi connectivity index (χ2n) is 2.93. The van der Waals surface area contributed by atoms with Crippen molar-refractivity contribution in [3.05, 3.63) is 28.6 Å². The fourth-order valence-electron chi connectivity index (χ4n) is 1.33. The topological polar surface area (TPSA) is 17.8 Å². The number of nitrogens with zero attached hydrogens (tertiary/aromatic N) is 2. The van der Waals surface area contributed by atoms with E-state index < -0.39 is 0 Å². The van der Waals surface area contributed by atoms with Crippen LogP contribution in [0.4, 0.5) is 0 Å². The van der Waals surface area contributed by atoms with Crippen molar-refractivity contribution in [1.29, 1.82) is 0 Å². The monoisotopic (exact) mass is 224 g/mol. The fourth-order valence-corrected chi connectivity index (χ4v) is 1.96. The summed E-state index contributed by atoms with van der Waals surface area (Å²) in [6.45, 7) is 2.00. The predicted octanol–water partition coefficient (Wildman–Crippen LogP) is 2.64. The van der Waals surface area contributed by atoms with E-state index in [1.807, 2.05) is 26.4 Å². The number of aromatic nitrogens is 2. The summed E-state index contributed by atoms with van der Waals surface area (Å²) in [5.41, 5.74) is 2.21. The molecule has 62 valence electrons. The summed E-state index contributed by atoms with van der Waals surface area (Å²) in [7, 11) is 2.02. The summed E-state index contributed by atoms with van der Waals surface area (Å²) in [5.74, 6) is 0. The molecule has 0 aliphatic rings. The van der Waals surface area contributed by atoms with Crippen LogP contribution in [-0.2, 0) is 7.05 Å². The maximum atomic E-state index is 4.24. The Morgan fingerprint density at radius 1 is 1.50 bits per heavy atom. The first kappa shape index (κ1) is 7.80. The molecule has 0 atom stereocenters. The van der Waals surface area contributed by atoms with Crippen LogP contribution >= 0.6 is 15.9 Å². The maximum Gasteiger partial charge on any atom is 0.0676 e. The summed E-state index contributed by atoms with van der Waals surface area (Å²) in [6, 6.07) is 2.08. The Hall–Kier alpha value is -0.830. The third kappa shape index (κ3) is 1.05. The Labute approximate surface area is 79.3 Å². The van der Waals surface area contributed by atoms with Gasteiger partial charge in [0.1, 0.15) is 0 Å². The average Bonchev–Trinajstić information content (AvgIpc) is 2.28. The Morgan fingerprint density at radius 2 is 2.25 bits per heavy atom. The Bertz CT molecular complexity index is 431. The van der Waals surface area contributed by atoms with Crippen LogP contribution in [-0.4, -0.2) is 9.55 Å². The molecule has 0 aliphatic carbocycles. The van der Waals surface area contributed by atoms with Gasteiger partial charge in [0.05, 0.1) is 11.7 Å². The van der Waals surface area contributed by atoms with Gasteiger partial charge in [0.15, 0.2) is 0 Å². The standard InChI is InChI=1S/C9H9BrN2/c1-6-3-7-8(10)5-12(2)9(7)4-11-6/h3-5H,1-2H3. The summed E-state index contributed by atoms with van der Waals surface area (Å²) >= 11 is 3.50. The molecular weight excluding hydrogens is 216 g/mol. The van der Waals surface area contributed by atoms with Crippen LogP contribution in [0.3, 0.4) is 0 Å². The first-order valence-electron chi connectivity index (χ1n) is 3.75. The quantitative estimate of drug-likeness (QED) is 0.673. The van der Waals surface area contributed by atoms with Gasteiger partial charge in [0.25, 0.3) is 0 Å². The van der Waals surface area contributed by atoms with Gasteiger partial charge >= 0.3 is 0 Å². The second-order valence-corrected chi connectivity index (χ2v) is 3.79. The van der Waals surface area contributed by atoms with Crippen LogP contribution in [0.15, 0.2) is 22.9 Å². The zero-order valence-electron chi connectivity index (χ0n) is 7.00. The number of halogens is 1. The number of fused-ring (bicyclic) bond motifs is 1. The number of aryl methyl sites for hydroxylation is 2. The molecule has 2 nitrogen and oxygen atoms in total. The number of hydrogen-bond acceptors (Lipinski definition) is 1. The molecule has 2 aromatic rings. The third-order valence-electron chi connectivity index (χ3n) is 1.96. The molecule has 12 heavy (non-hydrogen) atoms. The lowest BCUT2D eigenvalue weighted by Gasteiger charge is -1.95. The molecule has 2 aromatic heterocycles. The van der Waals surface area contributed by atoms with Gasteiger partial charge in [0.2, 0.25) is 0 Å². The smallest absolute Gasteiger partial charge is 0.0676 e. The van der Waals surface area contributed by atoms with E-state index >= 15 is 0 Å². The van der Waals surface area contributed by atoms with Crippen molar-refractivity contribution in [2.24, 2.45) is 7.05 Å². The molecule has 0 radical (unpaired) electrons. The number of hydrogen-bond donors (Lipinski definition) is 0. The third-order valence-corrected chi connectivity index (χ3v) is 2.60. The Balaban J connectivity index is 2.90. The second kappa shape index (κ2) is 2.59. The molecular formula is C9H9BrN2. The lowest BCUT2D eigenvalue weighted by Crippen LogP contribution is -1.85. The van der Waals surface area contributed by atoms with Gasteiger partial charge in [-0.15, -0.1) is 0 Å². The summed E-state index contributed by atoms with van der Waals surface area (Å²) in [4.78, 5) is 4.24. The van der Waals surface area contributed by atoms with Crippen LogP contribution in [0.25, 0.3) is 10.9 Å². The van der Waals surface area contributed by atoms with Crippen LogP contribution in [0, 0.1) is 6.92 Å². The van der Waals surface area contributed by atoms with Crippen molar-refractivity contribution in [2.45, 2.75) is 6.92 Å². The van der Waals surface area contributed by atoms with Gasteiger partial charge in [-0.3, -0.25) is 4.98 Å². The normalized spacial score (nSPS) is 10.9. The maximum absolute atomic E-state index is 4.24. The lowest BCUT2D eigenvalue weighted by atomic mass is 10.3. The Kier molecular flexibility index (Phi) is 1.68. The van der Waals surface area contributed by atoms with E-state index in [4.69, 9.17) is 0 Å². The zero-order chi connectivity index (χ0) is 8.72. The molecule has 0 aromatic carbocycles. The molecule has 2 rings (SSSR count). The average molecular weight is 225 g/mol. The van der Waals surface area contributed by atoms with E-state index in [0.29, 0.717) is 0 Å². The highest BCUT2D eigenvalue weighted by atomic mass is 79.9. The Morgan fingerprint density at radius 3 is 3.00 bits per heavy atom. The van der Waals surface area contributed by atoms with Gasteiger partial charge in [-0.25, -0.2) is 0 Å². The van der Waals surface area contributed by atoms with E-state index in [9.17, 15) is 0 Å². The zero-order valence-corrected chi connectivity index (χ0v) is 8.59. The first-order chi connectivity index (χ1) is 5.68. The minimum Gasteiger partial charge on any atom is -0.348 e. The van der Waals surface area contributed by atoms with E-state index in [0.717, 1.165) is 15.7 Å². The highest BCUT2D eigenvalue weighted by Gasteiger charge is 2.03.